The number of hydrogen-bond acceptors (Lipinski definition) is 5. The van der Waals surface area contributed by atoms with Crippen molar-refractivity contribution < 1.29 is 14.4 Å². The van der Waals surface area contributed by atoms with Gasteiger partial charge in [-0.15, -0.1) is 0 Å². The van der Waals surface area contributed by atoms with Crippen molar-refractivity contribution >= 4 is 17.6 Å². The lowest BCUT2D eigenvalue weighted by atomic mass is 9.87. The predicted octanol–water partition coefficient (Wildman–Crippen LogP) is 5.61. The van der Waals surface area contributed by atoms with Crippen molar-refractivity contribution in [3.05, 3.63) is 76.0 Å². The van der Waals surface area contributed by atoms with Crippen molar-refractivity contribution in [2.45, 2.75) is 26.2 Å². The average molecular weight is 364 g/mol. The van der Waals surface area contributed by atoms with Gasteiger partial charge in [0.05, 0.1) is 16.7 Å². The van der Waals surface area contributed by atoms with Crippen molar-refractivity contribution in [1.29, 1.82) is 0 Å². The number of benzene rings is 2. The minimum atomic E-state index is -0.443. The second-order valence-corrected chi connectivity index (χ2v) is 7.19. The summed E-state index contributed by atoms with van der Waals surface area (Å²) >= 11 is 0. The molecule has 1 aromatic heterocycles. The van der Waals surface area contributed by atoms with Gasteiger partial charge in [-0.2, -0.15) is 0 Å². The van der Waals surface area contributed by atoms with E-state index >= 15 is 0 Å². The van der Waals surface area contributed by atoms with Crippen molar-refractivity contribution in [2.75, 3.05) is 0 Å². The Labute approximate surface area is 157 Å². The van der Waals surface area contributed by atoms with Crippen LogP contribution in [0, 0.1) is 10.1 Å². The average Bonchev–Trinajstić information content (AvgIpc) is 3.09. The van der Waals surface area contributed by atoms with Crippen LogP contribution in [0.5, 0.6) is 5.75 Å². The molecule has 0 amide bonds. The minimum absolute atomic E-state index is 0.0224. The van der Waals surface area contributed by atoms with Gasteiger partial charge in [-0.3, -0.25) is 10.1 Å². The van der Waals surface area contributed by atoms with Crippen LogP contribution < -0.4 is 0 Å². The summed E-state index contributed by atoms with van der Waals surface area (Å²) in [5, 5.41) is 21.2. The van der Waals surface area contributed by atoms with Crippen LogP contribution in [0.25, 0.3) is 11.3 Å². The molecular formula is C21H20N2O4. The number of aliphatic imine (C=N–C) groups is 1. The lowest BCUT2D eigenvalue weighted by Gasteiger charge is -2.19. The highest BCUT2D eigenvalue weighted by atomic mass is 16.6. The number of phenolic OH excluding ortho intramolecular Hbond substituents is 1. The number of nitro groups is 1. The Morgan fingerprint density at radius 3 is 2.56 bits per heavy atom. The molecular weight excluding hydrogens is 344 g/mol. The smallest absolute Gasteiger partial charge is 0.280 e. The Bertz CT molecular complexity index is 1010. The van der Waals surface area contributed by atoms with Crippen LogP contribution in [0.1, 0.15) is 32.1 Å². The molecule has 1 heterocycles. The lowest BCUT2D eigenvalue weighted by Crippen LogP contribution is -2.10. The summed E-state index contributed by atoms with van der Waals surface area (Å²) in [7, 11) is 0. The van der Waals surface area contributed by atoms with Gasteiger partial charge in [-0.25, -0.2) is 4.99 Å². The number of furan rings is 1. The van der Waals surface area contributed by atoms with E-state index in [-0.39, 0.29) is 16.9 Å². The minimum Gasteiger partial charge on any atom is -0.506 e. The first-order valence-electron chi connectivity index (χ1n) is 8.47. The Kier molecular flexibility index (Phi) is 4.81. The molecule has 1 N–H and O–H groups in total. The zero-order valence-electron chi connectivity index (χ0n) is 15.3. The van der Waals surface area contributed by atoms with E-state index in [0.717, 1.165) is 5.56 Å². The molecule has 27 heavy (non-hydrogen) atoms. The third-order valence-electron chi connectivity index (χ3n) is 4.17. The SMILES string of the molecule is CC(C)(C)c1ccc(O)c(N=Cc2ccc(-c3ccccc3[N+](=O)[O-])o2)c1. The summed E-state index contributed by atoms with van der Waals surface area (Å²) in [6.45, 7) is 6.25. The zero-order chi connectivity index (χ0) is 19.6. The van der Waals surface area contributed by atoms with Crippen molar-refractivity contribution in [3.63, 3.8) is 0 Å². The number of nitrogens with zero attached hydrogens (tertiary/aromatic N) is 2. The van der Waals surface area contributed by atoms with E-state index in [1.54, 1.807) is 36.4 Å². The zero-order valence-corrected chi connectivity index (χ0v) is 15.3. The number of para-hydroxylation sites is 1. The third-order valence-corrected chi connectivity index (χ3v) is 4.17. The van der Waals surface area contributed by atoms with Gasteiger partial charge in [-0.05, 0) is 41.3 Å². The molecule has 0 aliphatic rings. The van der Waals surface area contributed by atoms with Crippen LogP contribution in [0.15, 0.2) is 64.0 Å². The molecule has 0 spiro atoms. The van der Waals surface area contributed by atoms with E-state index < -0.39 is 4.92 Å². The highest BCUT2D eigenvalue weighted by Crippen LogP contribution is 2.33. The van der Waals surface area contributed by atoms with Crippen LogP contribution in [0.4, 0.5) is 11.4 Å². The Morgan fingerprint density at radius 2 is 1.85 bits per heavy atom. The summed E-state index contributed by atoms with van der Waals surface area (Å²) in [6.07, 6.45) is 1.49. The van der Waals surface area contributed by atoms with E-state index in [1.807, 2.05) is 12.1 Å². The van der Waals surface area contributed by atoms with Crippen LogP contribution in [0.3, 0.4) is 0 Å². The van der Waals surface area contributed by atoms with Gasteiger partial charge >= 0.3 is 0 Å². The first-order valence-corrected chi connectivity index (χ1v) is 8.47. The van der Waals surface area contributed by atoms with Gasteiger partial charge in [0.25, 0.3) is 5.69 Å². The van der Waals surface area contributed by atoms with E-state index in [1.165, 1.54) is 12.3 Å². The van der Waals surface area contributed by atoms with Crippen molar-refractivity contribution in [1.82, 2.24) is 0 Å². The van der Waals surface area contributed by atoms with Crippen LogP contribution in [-0.2, 0) is 5.41 Å². The fourth-order valence-corrected chi connectivity index (χ4v) is 2.63. The maximum absolute atomic E-state index is 11.2. The summed E-state index contributed by atoms with van der Waals surface area (Å²) in [4.78, 5) is 15.0. The second-order valence-electron chi connectivity index (χ2n) is 7.19. The summed E-state index contributed by atoms with van der Waals surface area (Å²) in [5.74, 6) is 0.893. The maximum atomic E-state index is 11.2. The normalized spacial score (nSPS) is 11.8. The number of nitro benzene ring substituents is 1. The fraction of sp³-hybridized carbons (Fsp3) is 0.190. The van der Waals surface area contributed by atoms with Crippen LogP contribution in [-0.4, -0.2) is 16.2 Å². The van der Waals surface area contributed by atoms with Gasteiger partial charge in [-0.1, -0.05) is 39.0 Å². The van der Waals surface area contributed by atoms with Crippen LogP contribution >= 0.6 is 0 Å². The first-order chi connectivity index (χ1) is 12.8. The molecule has 0 saturated heterocycles. The van der Waals surface area contributed by atoms with E-state index in [0.29, 0.717) is 22.8 Å². The lowest BCUT2D eigenvalue weighted by molar-refractivity contribution is -0.384. The van der Waals surface area contributed by atoms with Gasteiger partial charge in [0, 0.05) is 6.07 Å². The Balaban J connectivity index is 1.90. The molecule has 0 bridgehead atoms. The van der Waals surface area contributed by atoms with Gasteiger partial charge in [0.2, 0.25) is 0 Å². The van der Waals surface area contributed by atoms with Gasteiger partial charge in [0.15, 0.2) is 0 Å². The third kappa shape index (κ3) is 4.06. The standard InChI is InChI=1S/C21H20N2O4/c1-21(2,3)14-8-10-19(24)17(12-14)22-13-15-9-11-20(27-15)16-6-4-5-7-18(16)23(25)26/h4-13,24H,1-3H3. The molecule has 138 valence electrons. The quantitative estimate of drug-likeness (QED) is 0.370. The molecule has 0 saturated carbocycles. The predicted molar refractivity (Wildman–Crippen MR) is 105 cm³/mol. The molecule has 0 aliphatic carbocycles. The number of hydrogen-bond donors (Lipinski definition) is 1. The van der Waals surface area contributed by atoms with E-state index in [4.69, 9.17) is 4.42 Å². The molecule has 0 radical (unpaired) electrons. The second kappa shape index (κ2) is 7.07. The molecule has 3 rings (SSSR count). The van der Waals surface area contributed by atoms with E-state index in [2.05, 4.69) is 25.8 Å². The monoisotopic (exact) mass is 364 g/mol. The molecule has 0 aliphatic heterocycles. The molecule has 2 aromatic carbocycles. The summed E-state index contributed by atoms with van der Waals surface area (Å²) in [6, 6.07) is 15.1. The Hall–Kier alpha value is -3.41. The summed E-state index contributed by atoms with van der Waals surface area (Å²) < 4.78 is 5.68. The summed E-state index contributed by atoms with van der Waals surface area (Å²) in [5.41, 5.74) is 1.80. The topological polar surface area (TPSA) is 88.9 Å². The molecule has 3 aromatic rings. The van der Waals surface area contributed by atoms with Crippen molar-refractivity contribution in [3.8, 4) is 17.1 Å². The fourth-order valence-electron chi connectivity index (χ4n) is 2.63. The molecule has 0 unspecified atom stereocenters. The molecule has 6 nitrogen and oxygen atoms in total. The number of phenols is 1. The van der Waals surface area contributed by atoms with Gasteiger partial charge in [0.1, 0.15) is 23.0 Å². The number of aromatic hydroxyl groups is 1. The maximum Gasteiger partial charge on any atom is 0.280 e. The highest BCUT2D eigenvalue weighted by molar-refractivity contribution is 5.81. The van der Waals surface area contributed by atoms with Gasteiger partial charge < -0.3 is 9.52 Å². The highest BCUT2D eigenvalue weighted by Gasteiger charge is 2.17. The van der Waals surface area contributed by atoms with Crippen LogP contribution in [0.2, 0.25) is 0 Å². The number of rotatable bonds is 4. The largest absolute Gasteiger partial charge is 0.506 e. The molecule has 6 heteroatoms. The first kappa shape index (κ1) is 18.4. The molecule has 0 fully saturated rings. The molecule has 0 atom stereocenters. The Morgan fingerprint density at radius 1 is 1.11 bits per heavy atom. The van der Waals surface area contributed by atoms with E-state index in [9.17, 15) is 15.2 Å². The van der Waals surface area contributed by atoms with Crippen molar-refractivity contribution in [2.24, 2.45) is 4.99 Å².